The molecule has 1 heterocycles. The standard InChI is InChI=1S/C8H13NOS/c10-8(9-6-3-4-6)7-2-1-5-11-7/h6-7H,1-5H2,(H,9,10). The van der Waals surface area contributed by atoms with Crippen molar-refractivity contribution in [2.45, 2.75) is 37.0 Å². The van der Waals surface area contributed by atoms with Gasteiger partial charge in [-0.1, -0.05) is 0 Å². The third-order valence-electron chi connectivity index (χ3n) is 2.15. The van der Waals surface area contributed by atoms with Gasteiger partial charge in [0, 0.05) is 6.04 Å². The van der Waals surface area contributed by atoms with Crippen LogP contribution >= 0.6 is 11.8 Å². The molecular weight excluding hydrogens is 158 g/mol. The summed E-state index contributed by atoms with van der Waals surface area (Å²) in [7, 11) is 0. The first kappa shape index (κ1) is 7.47. The first-order valence-corrected chi connectivity index (χ1v) is 5.33. The second kappa shape index (κ2) is 3.05. The summed E-state index contributed by atoms with van der Waals surface area (Å²) in [5, 5.41) is 3.31. The molecule has 62 valence electrons. The van der Waals surface area contributed by atoms with Crippen molar-refractivity contribution in [3.8, 4) is 0 Å². The van der Waals surface area contributed by atoms with Gasteiger partial charge in [-0.05, 0) is 31.4 Å². The van der Waals surface area contributed by atoms with Gasteiger partial charge in [0.25, 0.3) is 0 Å². The molecule has 1 amide bonds. The van der Waals surface area contributed by atoms with Crippen molar-refractivity contribution in [3.63, 3.8) is 0 Å². The van der Waals surface area contributed by atoms with E-state index in [1.165, 1.54) is 25.0 Å². The first-order chi connectivity index (χ1) is 5.36. The van der Waals surface area contributed by atoms with Crippen molar-refractivity contribution in [2.24, 2.45) is 0 Å². The van der Waals surface area contributed by atoms with Crippen molar-refractivity contribution in [3.05, 3.63) is 0 Å². The lowest BCUT2D eigenvalue weighted by atomic mass is 10.2. The Morgan fingerprint density at radius 2 is 2.18 bits per heavy atom. The summed E-state index contributed by atoms with van der Waals surface area (Å²) in [5.74, 6) is 1.46. The zero-order chi connectivity index (χ0) is 7.68. The van der Waals surface area contributed by atoms with E-state index in [9.17, 15) is 4.79 Å². The highest BCUT2D eigenvalue weighted by Gasteiger charge is 2.29. The van der Waals surface area contributed by atoms with Gasteiger partial charge in [-0.2, -0.15) is 0 Å². The Bertz CT molecular complexity index is 161. The van der Waals surface area contributed by atoms with Gasteiger partial charge in [0.15, 0.2) is 0 Å². The Morgan fingerprint density at radius 3 is 2.73 bits per heavy atom. The molecular formula is C8H13NOS. The first-order valence-electron chi connectivity index (χ1n) is 4.28. The van der Waals surface area contributed by atoms with Crippen LogP contribution in [0.1, 0.15) is 25.7 Å². The minimum absolute atomic E-state index is 0.274. The number of thioether (sulfide) groups is 1. The maximum atomic E-state index is 11.4. The molecule has 1 aliphatic heterocycles. The highest BCUT2D eigenvalue weighted by Crippen LogP contribution is 2.27. The minimum Gasteiger partial charge on any atom is -0.352 e. The fraction of sp³-hybridized carbons (Fsp3) is 0.875. The smallest absolute Gasteiger partial charge is 0.233 e. The molecule has 1 atom stereocenters. The predicted molar refractivity (Wildman–Crippen MR) is 46.6 cm³/mol. The Balaban J connectivity index is 1.77. The summed E-state index contributed by atoms with van der Waals surface area (Å²) >= 11 is 1.81. The van der Waals surface area contributed by atoms with Gasteiger partial charge in [0.2, 0.25) is 5.91 Å². The molecule has 11 heavy (non-hydrogen) atoms. The van der Waals surface area contributed by atoms with Gasteiger partial charge in [-0.3, -0.25) is 4.79 Å². The van der Waals surface area contributed by atoms with E-state index in [-0.39, 0.29) is 11.2 Å². The summed E-state index contributed by atoms with van der Waals surface area (Å²) in [6.45, 7) is 0. The van der Waals surface area contributed by atoms with Crippen LogP contribution in [-0.2, 0) is 4.79 Å². The largest absolute Gasteiger partial charge is 0.352 e. The molecule has 0 spiro atoms. The van der Waals surface area contributed by atoms with E-state index >= 15 is 0 Å². The maximum absolute atomic E-state index is 11.4. The van der Waals surface area contributed by atoms with Crippen LogP contribution in [0.15, 0.2) is 0 Å². The van der Waals surface area contributed by atoms with Gasteiger partial charge in [0.1, 0.15) is 0 Å². The molecule has 0 aromatic rings. The molecule has 0 aromatic carbocycles. The fourth-order valence-corrected chi connectivity index (χ4v) is 2.48. The van der Waals surface area contributed by atoms with Crippen molar-refractivity contribution < 1.29 is 4.79 Å². The van der Waals surface area contributed by atoms with E-state index in [0.29, 0.717) is 6.04 Å². The van der Waals surface area contributed by atoms with Gasteiger partial charge in [-0.15, -0.1) is 11.8 Å². The van der Waals surface area contributed by atoms with E-state index in [0.717, 1.165) is 6.42 Å². The fourth-order valence-electron chi connectivity index (χ4n) is 1.31. The SMILES string of the molecule is O=C(NC1CC1)C1CCCS1. The molecule has 3 heteroatoms. The lowest BCUT2D eigenvalue weighted by Gasteiger charge is -2.07. The molecule has 1 saturated carbocycles. The lowest BCUT2D eigenvalue weighted by molar-refractivity contribution is -0.120. The van der Waals surface area contributed by atoms with Gasteiger partial charge < -0.3 is 5.32 Å². The molecule has 0 aromatic heterocycles. The summed E-state index contributed by atoms with van der Waals surface area (Å²) in [5.41, 5.74) is 0. The van der Waals surface area contributed by atoms with E-state index in [2.05, 4.69) is 5.32 Å². The zero-order valence-corrected chi connectivity index (χ0v) is 7.32. The van der Waals surface area contributed by atoms with E-state index in [1.54, 1.807) is 0 Å². The van der Waals surface area contributed by atoms with E-state index in [4.69, 9.17) is 0 Å². The predicted octanol–water partition coefficient (Wildman–Crippen LogP) is 1.16. The topological polar surface area (TPSA) is 29.1 Å². The van der Waals surface area contributed by atoms with E-state index < -0.39 is 0 Å². The van der Waals surface area contributed by atoms with Crippen LogP contribution in [0.4, 0.5) is 0 Å². The van der Waals surface area contributed by atoms with Crippen molar-refractivity contribution in [2.75, 3.05) is 5.75 Å². The second-order valence-corrected chi connectivity index (χ2v) is 4.60. The number of hydrogen-bond acceptors (Lipinski definition) is 2. The molecule has 1 N–H and O–H groups in total. The van der Waals surface area contributed by atoms with Crippen molar-refractivity contribution in [1.29, 1.82) is 0 Å². The average Bonchev–Trinajstić information content (AvgIpc) is 2.67. The Kier molecular flexibility index (Phi) is 2.07. The summed E-state index contributed by atoms with van der Waals surface area (Å²) < 4.78 is 0. The molecule has 2 nitrogen and oxygen atoms in total. The molecule has 0 bridgehead atoms. The molecule has 2 fully saturated rings. The highest BCUT2D eigenvalue weighted by atomic mass is 32.2. The summed E-state index contributed by atoms with van der Waals surface area (Å²) in [4.78, 5) is 11.4. The van der Waals surface area contributed by atoms with Crippen LogP contribution in [-0.4, -0.2) is 23.0 Å². The average molecular weight is 171 g/mol. The van der Waals surface area contributed by atoms with Crippen molar-refractivity contribution in [1.82, 2.24) is 5.32 Å². The van der Waals surface area contributed by atoms with Gasteiger partial charge >= 0.3 is 0 Å². The molecule has 0 radical (unpaired) electrons. The van der Waals surface area contributed by atoms with Crippen LogP contribution in [0.3, 0.4) is 0 Å². The number of amides is 1. The maximum Gasteiger partial charge on any atom is 0.233 e. The third kappa shape index (κ3) is 1.89. The molecule has 2 aliphatic rings. The van der Waals surface area contributed by atoms with Crippen LogP contribution in [0.25, 0.3) is 0 Å². The normalized spacial score (nSPS) is 30.4. The van der Waals surface area contributed by atoms with E-state index in [1.807, 2.05) is 11.8 Å². The summed E-state index contributed by atoms with van der Waals surface area (Å²) in [6.07, 6.45) is 4.70. The zero-order valence-electron chi connectivity index (χ0n) is 6.51. The quantitative estimate of drug-likeness (QED) is 0.675. The van der Waals surface area contributed by atoms with Crippen LogP contribution < -0.4 is 5.32 Å². The van der Waals surface area contributed by atoms with Crippen LogP contribution in [0.5, 0.6) is 0 Å². The minimum atomic E-state index is 0.274. The highest BCUT2D eigenvalue weighted by molar-refractivity contribution is 8.00. The van der Waals surface area contributed by atoms with Crippen LogP contribution in [0.2, 0.25) is 0 Å². The number of carbonyl (C=O) groups excluding carboxylic acids is 1. The Morgan fingerprint density at radius 1 is 1.36 bits per heavy atom. The summed E-state index contributed by atoms with van der Waals surface area (Å²) in [6, 6.07) is 0.531. The molecule has 1 aliphatic carbocycles. The Hall–Kier alpha value is -0.180. The second-order valence-electron chi connectivity index (χ2n) is 3.28. The molecule has 1 saturated heterocycles. The van der Waals surface area contributed by atoms with Gasteiger partial charge in [0.05, 0.1) is 5.25 Å². The monoisotopic (exact) mass is 171 g/mol. The van der Waals surface area contributed by atoms with Crippen molar-refractivity contribution >= 4 is 17.7 Å². The number of hydrogen-bond donors (Lipinski definition) is 1. The van der Waals surface area contributed by atoms with Gasteiger partial charge in [-0.25, -0.2) is 0 Å². The Labute approximate surface area is 71.1 Å². The number of nitrogens with one attached hydrogen (secondary N) is 1. The number of rotatable bonds is 2. The van der Waals surface area contributed by atoms with Crippen LogP contribution in [0, 0.1) is 0 Å². The lowest BCUT2D eigenvalue weighted by Crippen LogP contribution is -2.32. The third-order valence-corrected chi connectivity index (χ3v) is 3.52. The molecule has 2 rings (SSSR count). The molecule has 1 unspecified atom stereocenters. The number of carbonyl (C=O) groups is 1.